The van der Waals surface area contributed by atoms with Crippen molar-refractivity contribution in [1.29, 1.82) is 0 Å². The van der Waals surface area contributed by atoms with Crippen LogP contribution in [0.2, 0.25) is 0 Å². The lowest BCUT2D eigenvalue weighted by atomic mass is 10.4. The van der Waals surface area contributed by atoms with Gasteiger partial charge in [0.2, 0.25) is 0 Å². The number of nitrogens with two attached hydrogens (primary N) is 1. The molecule has 0 aromatic carbocycles. The summed E-state index contributed by atoms with van der Waals surface area (Å²) in [6, 6.07) is 3.68. The minimum Gasteiger partial charge on any atom is -0.487 e. The summed E-state index contributed by atoms with van der Waals surface area (Å²) in [7, 11) is 0. The predicted octanol–water partition coefficient (Wildman–Crippen LogP) is 2.40. The molecule has 2 heterocycles. The highest BCUT2D eigenvalue weighted by Gasteiger charge is 2.11. The van der Waals surface area contributed by atoms with Crippen LogP contribution in [0, 0.1) is 0 Å². The van der Waals surface area contributed by atoms with Gasteiger partial charge in [-0.05, 0) is 41.9 Å². The summed E-state index contributed by atoms with van der Waals surface area (Å²) in [5, 5.41) is 4.15. The zero-order chi connectivity index (χ0) is 12.4. The summed E-state index contributed by atoms with van der Waals surface area (Å²) in [5.41, 5.74) is 5.68. The fraction of sp³-hybridized carbons (Fsp3) is 0.273. The van der Waals surface area contributed by atoms with E-state index in [0.29, 0.717) is 17.4 Å². The highest BCUT2D eigenvalue weighted by atomic mass is 79.9. The Kier molecular flexibility index (Phi) is 3.33. The van der Waals surface area contributed by atoms with Crippen LogP contribution in [0.4, 0.5) is 5.82 Å². The van der Waals surface area contributed by atoms with Gasteiger partial charge in [-0.25, -0.2) is 9.67 Å². The van der Waals surface area contributed by atoms with Crippen LogP contribution in [-0.4, -0.2) is 20.9 Å². The molecule has 0 aliphatic rings. The van der Waals surface area contributed by atoms with Crippen LogP contribution in [-0.2, 0) is 0 Å². The van der Waals surface area contributed by atoms with Crippen LogP contribution in [0.1, 0.15) is 13.8 Å². The second-order valence-electron chi connectivity index (χ2n) is 3.80. The van der Waals surface area contributed by atoms with Gasteiger partial charge in [0.25, 0.3) is 0 Å². The second kappa shape index (κ2) is 4.75. The number of hydrogen-bond acceptors (Lipinski definition) is 4. The largest absolute Gasteiger partial charge is 0.487 e. The van der Waals surface area contributed by atoms with Crippen LogP contribution >= 0.6 is 15.9 Å². The number of aromatic nitrogens is 3. The first-order chi connectivity index (χ1) is 8.08. The van der Waals surface area contributed by atoms with Gasteiger partial charge in [0.15, 0.2) is 17.4 Å². The van der Waals surface area contributed by atoms with Crippen LogP contribution < -0.4 is 10.5 Å². The van der Waals surface area contributed by atoms with E-state index in [1.54, 1.807) is 17.1 Å². The molecule has 0 aliphatic heterocycles. The average molecular weight is 297 g/mol. The molecule has 2 N–H and O–H groups in total. The van der Waals surface area contributed by atoms with Crippen LogP contribution in [0.3, 0.4) is 0 Å². The minimum atomic E-state index is 0.0781. The van der Waals surface area contributed by atoms with Gasteiger partial charge in [-0.3, -0.25) is 0 Å². The van der Waals surface area contributed by atoms with Crippen molar-refractivity contribution in [1.82, 2.24) is 14.8 Å². The lowest BCUT2D eigenvalue weighted by molar-refractivity contribution is 0.240. The summed E-state index contributed by atoms with van der Waals surface area (Å²) in [5.74, 6) is 1.72. The van der Waals surface area contributed by atoms with Gasteiger partial charge >= 0.3 is 0 Å². The summed E-state index contributed by atoms with van der Waals surface area (Å²) in [4.78, 5) is 4.26. The van der Waals surface area contributed by atoms with Crippen molar-refractivity contribution < 1.29 is 4.74 Å². The third-order valence-electron chi connectivity index (χ3n) is 2.03. The van der Waals surface area contributed by atoms with Gasteiger partial charge in [-0.15, -0.1) is 5.10 Å². The Bertz CT molecular complexity index is 504. The van der Waals surface area contributed by atoms with E-state index < -0.39 is 0 Å². The SMILES string of the molecule is CC(C)Oc1cccnc1-n1cc(Br)c(N)n1. The number of hydrogen-bond donors (Lipinski definition) is 1. The molecule has 0 spiro atoms. The van der Waals surface area contributed by atoms with Crippen molar-refractivity contribution in [3.63, 3.8) is 0 Å². The molecular formula is C11H13BrN4O. The second-order valence-corrected chi connectivity index (χ2v) is 4.65. The Morgan fingerprint density at radius 1 is 1.47 bits per heavy atom. The minimum absolute atomic E-state index is 0.0781. The molecule has 0 radical (unpaired) electrons. The quantitative estimate of drug-likeness (QED) is 0.944. The molecule has 0 bridgehead atoms. The Balaban J connectivity index is 2.44. The van der Waals surface area contributed by atoms with Crippen molar-refractivity contribution in [2.24, 2.45) is 0 Å². The fourth-order valence-corrected chi connectivity index (χ4v) is 1.65. The monoisotopic (exact) mass is 296 g/mol. The molecule has 0 atom stereocenters. The standard InChI is InChI=1S/C11H13BrN4O/c1-7(2)17-9-4-3-5-14-11(9)16-6-8(12)10(13)15-16/h3-7H,1-2H3,(H2,13,15). The maximum Gasteiger partial charge on any atom is 0.196 e. The van der Waals surface area contributed by atoms with Crippen molar-refractivity contribution >= 4 is 21.7 Å². The Labute approximate surface area is 108 Å². The molecule has 17 heavy (non-hydrogen) atoms. The maximum atomic E-state index is 5.68. The first kappa shape index (κ1) is 11.9. The number of ether oxygens (including phenoxy) is 1. The highest BCUT2D eigenvalue weighted by molar-refractivity contribution is 9.10. The normalized spacial score (nSPS) is 10.8. The zero-order valence-electron chi connectivity index (χ0n) is 9.59. The van der Waals surface area contributed by atoms with E-state index in [1.807, 2.05) is 26.0 Å². The van der Waals surface area contributed by atoms with E-state index >= 15 is 0 Å². The molecule has 6 heteroatoms. The van der Waals surface area contributed by atoms with E-state index in [4.69, 9.17) is 10.5 Å². The molecule has 2 aromatic rings. The smallest absolute Gasteiger partial charge is 0.196 e. The van der Waals surface area contributed by atoms with Crippen LogP contribution in [0.25, 0.3) is 5.82 Å². The van der Waals surface area contributed by atoms with Gasteiger partial charge in [0.1, 0.15) is 0 Å². The number of anilines is 1. The van der Waals surface area contributed by atoms with Gasteiger partial charge in [-0.2, -0.15) is 0 Å². The first-order valence-electron chi connectivity index (χ1n) is 5.20. The molecule has 5 nitrogen and oxygen atoms in total. The topological polar surface area (TPSA) is 66.0 Å². The molecule has 0 fully saturated rings. The summed E-state index contributed by atoms with van der Waals surface area (Å²) < 4.78 is 8.00. The van der Waals surface area contributed by atoms with Gasteiger partial charge in [-0.1, -0.05) is 0 Å². The van der Waals surface area contributed by atoms with E-state index in [2.05, 4.69) is 26.0 Å². The van der Waals surface area contributed by atoms with Crippen LogP contribution in [0.5, 0.6) is 5.75 Å². The Morgan fingerprint density at radius 2 is 2.24 bits per heavy atom. The Morgan fingerprint density at radius 3 is 2.82 bits per heavy atom. The highest BCUT2D eigenvalue weighted by Crippen LogP contribution is 2.24. The number of rotatable bonds is 3. The molecule has 2 rings (SSSR count). The summed E-state index contributed by atoms with van der Waals surface area (Å²) in [6.07, 6.45) is 3.52. The van der Waals surface area contributed by atoms with Crippen molar-refractivity contribution in [3.8, 4) is 11.6 Å². The van der Waals surface area contributed by atoms with E-state index in [-0.39, 0.29) is 6.10 Å². The molecule has 0 amide bonds. The van der Waals surface area contributed by atoms with Gasteiger partial charge in [0, 0.05) is 12.4 Å². The summed E-state index contributed by atoms with van der Waals surface area (Å²) >= 11 is 3.31. The molecule has 90 valence electrons. The lowest BCUT2D eigenvalue weighted by Crippen LogP contribution is -2.10. The van der Waals surface area contributed by atoms with E-state index in [9.17, 15) is 0 Å². The third kappa shape index (κ3) is 2.58. The average Bonchev–Trinajstić information content (AvgIpc) is 2.59. The molecular weight excluding hydrogens is 284 g/mol. The predicted molar refractivity (Wildman–Crippen MR) is 69.2 cm³/mol. The Hall–Kier alpha value is -1.56. The molecule has 2 aromatic heterocycles. The lowest BCUT2D eigenvalue weighted by Gasteiger charge is -2.12. The van der Waals surface area contributed by atoms with E-state index in [0.717, 1.165) is 4.47 Å². The summed E-state index contributed by atoms with van der Waals surface area (Å²) in [6.45, 7) is 3.92. The third-order valence-corrected chi connectivity index (χ3v) is 2.64. The number of pyridine rings is 1. The fourth-order valence-electron chi connectivity index (χ4n) is 1.37. The molecule has 0 unspecified atom stereocenters. The molecule has 0 aliphatic carbocycles. The number of nitrogen functional groups attached to an aromatic ring is 1. The van der Waals surface area contributed by atoms with Crippen molar-refractivity contribution in [2.45, 2.75) is 20.0 Å². The van der Waals surface area contributed by atoms with Crippen molar-refractivity contribution in [2.75, 3.05) is 5.73 Å². The van der Waals surface area contributed by atoms with Gasteiger partial charge < -0.3 is 10.5 Å². The maximum absolute atomic E-state index is 5.68. The van der Waals surface area contributed by atoms with Crippen LogP contribution in [0.15, 0.2) is 29.0 Å². The molecule has 0 saturated carbocycles. The zero-order valence-corrected chi connectivity index (χ0v) is 11.2. The van der Waals surface area contributed by atoms with E-state index in [1.165, 1.54) is 0 Å². The first-order valence-corrected chi connectivity index (χ1v) is 6.00. The number of nitrogens with zero attached hydrogens (tertiary/aromatic N) is 3. The number of halogens is 1. The van der Waals surface area contributed by atoms with Crippen molar-refractivity contribution in [3.05, 3.63) is 29.0 Å². The molecule has 0 saturated heterocycles. The van der Waals surface area contributed by atoms with Gasteiger partial charge in [0.05, 0.1) is 10.6 Å².